The van der Waals surface area contributed by atoms with Crippen LogP contribution in [0.25, 0.3) is 0 Å². The second-order valence-corrected chi connectivity index (χ2v) is 7.40. The summed E-state index contributed by atoms with van der Waals surface area (Å²) in [5, 5.41) is 21.3. The zero-order valence-electron chi connectivity index (χ0n) is 14.9. The van der Waals surface area contributed by atoms with Gasteiger partial charge >= 0.3 is 6.03 Å². The average Bonchev–Trinajstić information content (AvgIpc) is 3.10. The first-order chi connectivity index (χ1) is 13.0. The van der Waals surface area contributed by atoms with E-state index in [2.05, 4.69) is 21.3 Å². The number of fused-ring (bicyclic) bond motifs is 1. The summed E-state index contributed by atoms with van der Waals surface area (Å²) in [5.74, 6) is -0.543. The van der Waals surface area contributed by atoms with Crippen LogP contribution < -0.4 is 21.3 Å². The molecule has 0 aliphatic carbocycles. The fourth-order valence-corrected chi connectivity index (χ4v) is 3.99. The van der Waals surface area contributed by atoms with Gasteiger partial charge in [-0.3, -0.25) is 14.9 Å². The highest BCUT2D eigenvalue weighted by Gasteiger charge is 2.49. The number of amides is 4. The van der Waals surface area contributed by atoms with Crippen molar-refractivity contribution in [2.45, 2.75) is 31.0 Å². The van der Waals surface area contributed by atoms with Gasteiger partial charge in [0.2, 0.25) is 0 Å². The number of hydrogen-bond acceptors (Lipinski definition) is 6. The molecule has 3 heterocycles. The fraction of sp³-hybridized carbons (Fsp3) is 0.500. The van der Waals surface area contributed by atoms with Crippen LogP contribution in [0.1, 0.15) is 28.8 Å². The smallest absolute Gasteiger partial charge is 0.322 e. The van der Waals surface area contributed by atoms with Crippen molar-refractivity contribution in [3.05, 3.63) is 29.3 Å². The van der Waals surface area contributed by atoms with Crippen LogP contribution in [0.4, 0.5) is 4.79 Å². The zero-order valence-corrected chi connectivity index (χ0v) is 14.9. The summed E-state index contributed by atoms with van der Waals surface area (Å²) in [4.78, 5) is 38.6. The molecule has 2 saturated heterocycles. The first-order valence-electron chi connectivity index (χ1n) is 9.16. The number of carbonyl (C=O) groups is 3. The van der Waals surface area contributed by atoms with E-state index in [-0.39, 0.29) is 30.8 Å². The molecule has 9 heteroatoms. The molecule has 4 amide bonds. The lowest BCUT2D eigenvalue weighted by molar-refractivity contribution is -0.124. The van der Waals surface area contributed by atoms with E-state index in [9.17, 15) is 19.5 Å². The number of phenols is 1. The Morgan fingerprint density at radius 1 is 1.22 bits per heavy atom. The van der Waals surface area contributed by atoms with Crippen molar-refractivity contribution in [1.82, 2.24) is 26.2 Å². The summed E-state index contributed by atoms with van der Waals surface area (Å²) in [6.07, 6.45) is 1.89. The van der Waals surface area contributed by atoms with Gasteiger partial charge in [0, 0.05) is 24.7 Å². The third-order valence-corrected chi connectivity index (χ3v) is 5.47. The first-order valence-corrected chi connectivity index (χ1v) is 9.16. The maximum Gasteiger partial charge on any atom is 0.322 e. The van der Waals surface area contributed by atoms with E-state index >= 15 is 0 Å². The van der Waals surface area contributed by atoms with Crippen LogP contribution in [-0.4, -0.2) is 65.6 Å². The van der Waals surface area contributed by atoms with Gasteiger partial charge in [-0.1, -0.05) is 0 Å². The van der Waals surface area contributed by atoms with Gasteiger partial charge in [0.1, 0.15) is 5.75 Å². The van der Waals surface area contributed by atoms with Crippen LogP contribution in [0.15, 0.2) is 18.2 Å². The monoisotopic (exact) mass is 373 g/mol. The van der Waals surface area contributed by atoms with Crippen molar-refractivity contribution in [1.29, 1.82) is 0 Å². The number of urea groups is 1. The Labute approximate surface area is 156 Å². The molecule has 3 aliphatic rings. The summed E-state index contributed by atoms with van der Waals surface area (Å²) in [5.41, 5.74) is 0.0204. The normalized spacial score (nSPS) is 25.5. The summed E-state index contributed by atoms with van der Waals surface area (Å²) in [6.45, 7) is 2.43. The predicted octanol–water partition coefficient (Wildman–Crippen LogP) is -0.732. The van der Waals surface area contributed by atoms with Gasteiger partial charge in [0.15, 0.2) is 5.54 Å². The predicted molar refractivity (Wildman–Crippen MR) is 96.1 cm³/mol. The summed E-state index contributed by atoms with van der Waals surface area (Å²) in [6, 6.07) is 4.32. The Kier molecular flexibility index (Phi) is 4.48. The van der Waals surface area contributed by atoms with Crippen LogP contribution in [0, 0.1) is 0 Å². The highest BCUT2D eigenvalue weighted by molar-refractivity contribution is 6.08. The Morgan fingerprint density at radius 3 is 2.70 bits per heavy atom. The molecular weight excluding hydrogens is 350 g/mol. The Balaban J connectivity index is 1.51. The van der Waals surface area contributed by atoms with Crippen LogP contribution >= 0.6 is 0 Å². The lowest BCUT2D eigenvalue weighted by Crippen LogP contribution is -2.62. The minimum absolute atomic E-state index is 0.0663. The van der Waals surface area contributed by atoms with Crippen molar-refractivity contribution in [2.24, 2.45) is 0 Å². The number of benzene rings is 1. The number of imide groups is 1. The molecule has 4 rings (SSSR count). The van der Waals surface area contributed by atoms with Gasteiger partial charge < -0.3 is 26.0 Å². The molecule has 1 unspecified atom stereocenters. The maximum absolute atomic E-state index is 12.7. The van der Waals surface area contributed by atoms with Crippen molar-refractivity contribution < 1.29 is 19.5 Å². The van der Waals surface area contributed by atoms with Gasteiger partial charge in [0.25, 0.3) is 11.8 Å². The average molecular weight is 373 g/mol. The molecule has 0 aromatic heterocycles. The number of nitrogens with one attached hydrogen (secondary N) is 4. The highest BCUT2D eigenvalue weighted by Crippen LogP contribution is 2.28. The number of nitrogens with zero attached hydrogens (tertiary/aromatic N) is 1. The Hall–Kier alpha value is -2.65. The molecule has 1 aromatic carbocycles. The molecule has 5 N–H and O–H groups in total. The Bertz CT molecular complexity index is 792. The molecule has 0 radical (unpaired) electrons. The third-order valence-electron chi connectivity index (χ3n) is 5.47. The van der Waals surface area contributed by atoms with Crippen LogP contribution in [0.2, 0.25) is 0 Å². The molecule has 3 aliphatic heterocycles. The molecular formula is C18H23N5O4. The molecule has 1 atom stereocenters. The third kappa shape index (κ3) is 3.35. The van der Waals surface area contributed by atoms with Crippen molar-refractivity contribution in [2.75, 3.05) is 26.2 Å². The lowest BCUT2D eigenvalue weighted by Gasteiger charge is -2.33. The van der Waals surface area contributed by atoms with Gasteiger partial charge in [-0.05, 0) is 49.7 Å². The van der Waals surface area contributed by atoms with E-state index in [0.717, 1.165) is 25.9 Å². The molecule has 27 heavy (non-hydrogen) atoms. The number of rotatable bonds is 5. The molecule has 2 fully saturated rings. The standard InChI is InChI=1S/C18H23N5O4/c24-13-1-2-14-11(7-13)8-23(15(14)25)10-18(16(26)21-17(27)22-18)9-20-12-3-5-19-6-4-12/h1-2,7,12,19-20,24H,3-6,8-10H2,(H2,21,22,26,27). The van der Waals surface area contributed by atoms with Crippen LogP contribution in [0.5, 0.6) is 5.75 Å². The second-order valence-electron chi connectivity index (χ2n) is 7.40. The molecule has 0 spiro atoms. The number of phenolic OH excluding ortho intramolecular Hbond substituents is 1. The summed E-state index contributed by atoms with van der Waals surface area (Å²) in [7, 11) is 0. The molecule has 0 bridgehead atoms. The quantitative estimate of drug-likeness (QED) is 0.434. The van der Waals surface area contributed by atoms with E-state index in [4.69, 9.17) is 0 Å². The van der Waals surface area contributed by atoms with E-state index in [1.165, 1.54) is 6.07 Å². The lowest BCUT2D eigenvalue weighted by atomic mass is 9.97. The topological polar surface area (TPSA) is 123 Å². The van der Waals surface area contributed by atoms with E-state index in [1.54, 1.807) is 17.0 Å². The molecule has 0 saturated carbocycles. The summed E-state index contributed by atoms with van der Waals surface area (Å²) >= 11 is 0. The van der Waals surface area contributed by atoms with E-state index in [0.29, 0.717) is 17.7 Å². The summed E-state index contributed by atoms with van der Waals surface area (Å²) < 4.78 is 0. The zero-order chi connectivity index (χ0) is 19.0. The molecule has 1 aromatic rings. The van der Waals surface area contributed by atoms with E-state index in [1.807, 2.05) is 0 Å². The van der Waals surface area contributed by atoms with Gasteiger partial charge in [0.05, 0.1) is 6.54 Å². The van der Waals surface area contributed by atoms with Crippen molar-refractivity contribution >= 4 is 17.8 Å². The first kappa shape index (κ1) is 17.7. The number of piperidine rings is 1. The fourth-order valence-electron chi connectivity index (χ4n) is 3.99. The van der Waals surface area contributed by atoms with Gasteiger partial charge in [-0.2, -0.15) is 0 Å². The molecule has 9 nitrogen and oxygen atoms in total. The minimum Gasteiger partial charge on any atom is -0.508 e. The Morgan fingerprint density at radius 2 is 2.00 bits per heavy atom. The number of aromatic hydroxyl groups is 1. The van der Waals surface area contributed by atoms with Gasteiger partial charge in [-0.25, -0.2) is 4.79 Å². The highest BCUT2D eigenvalue weighted by atomic mass is 16.3. The van der Waals surface area contributed by atoms with Crippen molar-refractivity contribution in [3.63, 3.8) is 0 Å². The minimum atomic E-state index is -1.21. The number of carbonyl (C=O) groups excluding carboxylic acids is 3. The van der Waals surface area contributed by atoms with Gasteiger partial charge in [-0.15, -0.1) is 0 Å². The second kappa shape index (κ2) is 6.82. The molecule has 144 valence electrons. The van der Waals surface area contributed by atoms with Crippen LogP contribution in [-0.2, 0) is 11.3 Å². The number of hydrogen-bond donors (Lipinski definition) is 5. The van der Waals surface area contributed by atoms with E-state index < -0.39 is 17.5 Å². The largest absolute Gasteiger partial charge is 0.508 e. The van der Waals surface area contributed by atoms with Crippen molar-refractivity contribution in [3.8, 4) is 5.75 Å². The SMILES string of the molecule is O=C1NC(=O)C(CNC2CCNCC2)(CN2Cc3cc(O)ccc3C2=O)N1. The van der Waals surface area contributed by atoms with Crippen LogP contribution in [0.3, 0.4) is 0 Å². The maximum atomic E-state index is 12.7.